The van der Waals surface area contributed by atoms with Crippen LogP contribution in [0.5, 0.6) is 5.75 Å². The molecule has 2 aromatic carbocycles. The van der Waals surface area contributed by atoms with Gasteiger partial charge in [0.15, 0.2) is 0 Å². The smallest absolute Gasteiger partial charge is 0.119 e. The van der Waals surface area contributed by atoms with Crippen molar-refractivity contribution < 1.29 is 4.74 Å². The number of halogens is 3. The van der Waals surface area contributed by atoms with E-state index < -0.39 is 0 Å². The lowest BCUT2D eigenvalue weighted by Gasteiger charge is -2.12. The second-order valence-corrected chi connectivity index (χ2v) is 6.67. The van der Waals surface area contributed by atoms with E-state index in [1.54, 1.807) is 12.1 Å². The minimum atomic E-state index is 0.446. The van der Waals surface area contributed by atoms with Crippen molar-refractivity contribution in [2.45, 2.75) is 20.4 Å². The van der Waals surface area contributed by atoms with E-state index in [9.17, 15) is 0 Å². The average Bonchev–Trinajstić information content (AvgIpc) is 2.48. The van der Waals surface area contributed by atoms with Crippen LogP contribution in [0.1, 0.15) is 19.4 Å². The minimum Gasteiger partial charge on any atom is -0.493 e. The van der Waals surface area contributed by atoms with Crippen molar-refractivity contribution in [3.05, 3.63) is 57.0 Å². The van der Waals surface area contributed by atoms with Gasteiger partial charge >= 0.3 is 0 Å². The Kier molecular flexibility index (Phi) is 6.25. The molecule has 0 saturated carbocycles. The van der Waals surface area contributed by atoms with Gasteiger partial charge in [-0.2, -0.15) is 0 Å². The summed E-state index contributed by atoms with van der Waals surface area (Å²) in [5.74, 6) is 1.37. The zero-order valence-corrected chi connectivity index (χ0v) is 14.8. The maximum atomic E-state index is 6.15. The van der Waals surface area contributed by atoms with Crippen LogP contribution >= 0.6 is 34.8 Å². The highest BCUT2D eigenvalue weighted by atomic mass is 35.5. The van der Waals surface area contributed by atoms with E-state index in [0.29, 0.717) is 34.1 Å². The van der Waals surface area contributed by atoms with Gasteiger partial charge in [-0.05, 0) is 35.7 Å². The molecule has 0 amide bonds. The Labute approximate surface area is 146 Å². The van der Waals surface area contributed by atoms with E-state index in [4.69, 9.17) is 39.5 Å². The molecule has 5 heteroatoms. The first-order valence-electron chi connectivity index (χ1n) is 7.06. The first-order valence-corrected chi connectivity index (χ1v) is 8.19. The summed E-state index contributed by atoms with van der Waals surface area (Å²) in [7, 11) is 0. The topological polar surface area (TPSA) is 21.3 Å². The van der Waals surface area contributed by atoms with Crippen molar-refractivity contribution in [1.29, 1.82) is 0 Å². The lowest BCUT2D eigenvalue weighted by molar-refractivity contribution is 0.271. The van der Waals surface area contributed by atoms with Gasteiger partial charge in [0.2, 0.25) is 0 Å². The summed E-state index contributed by atoms with van der Waals surface area (Å²) >= 11 is 18.1. The van der Waals surface area contributed by atoms with Crippen LogP contribution < -0.4 is 10.1 Å². The fraction of sp³-hybridized carbons (Fsp3) is 0.294. The van der Waals surface area contributed by atoms with Gasteiger partial charge in [0.05, 0.1) is 27.4 Å². The van der Waals surface area contributed by atoms with Gasteiger partial charge < -0.3 is 10.1 Å². The number of hydrogen-bond acceptors (Lipinski definition) is 2. The third-order valence-electron chi connectivity index (χ3n) is 2.97. The zero-order chi connectivity index (χ0) is 16.1. The number of nitrogens with one attached hydrogen (secondary N) is 1. The van der Waals surface area contributed by atoms with Crippen LogP contribution in [0.3, 0.4) is 0 Å². The molecule has 0 unspecified atom stereocenters. The quantitative estimate of drug-likeness (QED) is 0.612. The molecule has 2 aromatic rings. The number of ether oxygens (including phenoxy) is 1. The molecule has 2 rings (SSSR count). The van der Waals surface area contributed by atoms with Crippen LogP contribution in [0.2, 0.25) is 15.1 Å². The van der Waals surface area contributed by atoms with Crippen molar-refractivity contribution in [1.82, 2.24) is 0 Å². The van der Waals surface area contributed by atoms with Crippen molar-refractivity contribution >= 4 is 40.5 Å². The number of rotatable bonds is 6. The lowest BCUT2D eigenvalue weighted by Crippen LogP contribution is -2.05. The maximum Gasteiger partial charge on any atom is 0.119 e. The van der Waals surface area contributed by atoms with Crippen LogP contribution in [-0.2, 0) is 6.54 Å². The van der Waals surface area contributed by atoms with Gasteiger partial charge in [0, 0.05) is 6.54 Å². The highest BCUT2D eigenvalue weighted by molar-refractivity contribution is 6.44. The predicted molar refractivity (Wildman–Crippen MR) is 95.6 cm³/mol. The van der Waals surface area contributed by atoms with E-state index in [1.165, 1.54) is 0 Å². The van der Waals surface area contributed by atoms with Crippen LogP contribution in [-0.4, -0.2) is 6.61 Å². The summed E-state index contributed by atoms with van der Waals surface area (Å²) in [6, 6.07) is 11.3. The first-order chi connectivity index (χ1) is 10.5. The van der Waals surface area contributed by atoms with Crippen molar-refractivity contribution in [3.63, 3.8) is 0 Å². The third-order valence-corrected chi connectivity index (χ3v) is 4.01. The summed E-state index contributed by atoms with van der Waals surface area (Å²) in [6.07, 6.45) is 0. The molecule has 2 nitrogen and oxygen atoms in total. The zero-order valence-electron chi connectivity index (χ0n) is 12.5. The molecular formula is C17H18Cl3NO. The fourth-order valence-electron chi connectivity index (χ4n) is 1.86. The van der Waals surface area contributed by atoms with Crippen molar-refractivity contribution in [2.24, 2.45) is 5.92 Å². The first kappa shape index (κ1) is 17.3. The Bertz CT molecular complexity index is 644. The Morgan fingerprint density at radius 1 is 1.00 bits per heavy atom. The average molecular weight is 359 g/mol. The molecule has 0 fully saturated rings. The Morgan fingerprint density at radius 3 is 2.45 bits per heavy atom. The molecule has 0 aliphatic heterocycles. The highest BCUT2D eigenvalue weighted by Gasteiger charge is 2.06. The molecule has 0 spiro atoms. The molecule has 118 valence electrons. The van der Waals surface area contributed by atoms with Gasteiger partial charge in [0.1, 0.15) is 5.75 Å². The van der Waals surface area contributed by atoms with Crippen LogP contribution in [0, 0.1) is 5.92 Å². The Morgan fingerprint density at radius 2 is 1.73 bits per heavy atom. The largest absolute Gasteiger partial charge is 0.493 e. The van der Waals surface area contributed by atoms with Gasteiger partial charge in [0.25, 0.3) is 0 Å². The van der Waals surface area contributed by atoms with Crippen LogP contribution in [0.4, 0.5) is 5.69 Å². The Balaban J connectivity index is 2.02. The molecule has 0 atom stereocenters. The Hall–Kier alpha value is -1.09. The van der Waals surface area contributed by atoms with Crippen LogP contribution in [0.25, 0.3) is 0 Å². The molecule has 0 aliphatic carbocycles. The van der Waals surface area contributed by atoms with Gasteiger partial charge in [-0.15, -0.1) is 0 Å². The lowest BCUT2D eigenvalue weighted by atomic mass is 10.2. The normalized spacial score (nSPS) is 10.8. The van der Waals surface area contributed by atoms with E-state index in [2.05, 4.69) is 19.2 Å². The summed E-state index contributed by atoms with van der Waals surface area (Å²) in [5, 5.41) is 4.72. The summed E-state index contributed by atoms with van der Waals surface area (Å²) in [4.78, 5) is 0. The number of benzene rings is 2. The monoisotopic (exact) mass is 357 g/mol. The van der Waals surface area contributed by atoms with Crippen molar-refractivity contribution in [3.8, 4) is 5.75 Å². The highest BCUT2D eigenvalue weighted by Crippen LogP contribution is 2.32. The van der Waals surface area contributed by atoms with E-state index in [-0.39, 0.29) is 0 Å². The molecule has 0 radical (unpaired) electrons. The summed E-state index contributed by atoms with van der Waals surface area (Å²) in [6.45, 7) is 5.57. The van der Waals surface area contributed by atoms with E-state index in [0.717, 1.165) is 17.0 Å². The maximum absolute atomic E-state index is 6.15. The third kappa shape index (κ3) is 4.98. The second-order valence-electron chi connectivity index (χ2n) is 5.45. The molecule has 0 saturated heterocycles. The fourth-order valence-corrected chi connectivity index (χ4v) is 2.48. The SMILES string of the molecule is CC(C)COc1cccc(CNc2cc(Cl)c(Cl)cc2Cl)c1. The molecule has 1 N–H and O–H groups in total. The molecule has 0 aromatic heterocycles. The van der Waals surface area contributed by atoms with Crippen molar-refractivity contribution in [2.75, 3.05) is 11.9 Å². The van der Waals surface area contributed by atoms with Gasteiger partial charge in [-0.1, -0.05) is 60.8 Å². The molecule has 0 bridgehead atoms. The predicted octanol–water partition coefficient (Wildman–Crippen LogP) is 6.29. The number of anilines is 1. The second kappa shape index (κ2) is 7.96. The van der Waals surface area contributed by atoms with E-state index in [1.807, 2.05) is 24.3 Å². The van der Waals surface area contributed by atoms with E-state index >= 15 is 0 Å². The van der Waals surface area contributed by atoms with Gasteiger partial charge in [-0.3, -0.25) is 0 Å². The molecule has 22 heavy (non-hydrogen) atoms. The molecule has 0 heterocycles. The van der Waals surface area contributed by atoms with Crippen LogP contribution in [0.15, 0.2) is 36.4 Å². The summed E-state index contributed by atoms with van der Waals surface area (Å²) < 4.78 is 5.73. The molecule has 0 aliphatic rings. The van der Waals surface area contributed by atoms with Gasteiger partial charge in [-0.25, -0.2) is 0 Å². The molecular weight excluding hydrogens is 341 g/mol. The minimum absolute atomic E-state index is 0.446. The summed E-state index contributed by atoms with van der Waals surface area (Å²) in [5.41, 5.74) is 1.85. The standard InChI is InChI=1S/C17H18Cl3NO/c1-11(2)10-22-13-5-3-4-12(6-13)9-21-17-8-15(19)14(18)7-16(17)20/h3-8,11,21H,9-10H2,1-2H3. The number of hydrogen-bond donors (Lipinski definition) is 1.